The molecule has 0 saturated carbocycles. The molecule has 6 heteroatoms. The summed E-state index contributed by atoms with van der Waals surface area (Å²) in [6.07, 6.45) is 0.754. The number of nitrogens with one attached hydrogen (secondary N) is 2. The third-order valence-electron chi connectivity index (χ3n) is 2.43. The average molecular weight is 286 g/mol. The van der Waals surface area contributed by atoms with Crippen molar-refractivity contribution in [1.82, 2.24) is 4.72 Å². The van der Waals surface area contributed by atoms with Crippen molar-refractivity contribution in [2.45, 2.75) is 37.7 Å². The summed E-state index contributed by atoms with van der Waals surface area (Å²) < 4.78 is 26.2. The Hall–Kier alpha value is -1.11. The fourth-order valence-electron chi connectivity index (χ4n) is 1.39. The molecule has 19 heavy (non-hydrogen) atoms. The lowest BCUT2D eigenvalue weighted by atomic mass is 10.1. The van der Waals surface area contributed by atoms with Gasteiger partial charge in [-0.25, -0.2) is 13.1 Å². The molecule has 0 atom stereocenters. The van der Waals surface area contributed by atoms with E-state index in [1.165, 1.54) is 0 Å². The smallest absolute Gasteiger partial charge is 0.240 e. The molecule has 0 aliphatic rings. The van der Waals surface area contributed by atoms with Gasteiger partial charge < -0.3 is 10.4 Å². The first kappa shape index (κ1) is 15.9. The monoisotopic (exact) mass is 286 g/mol. The van der Waals surface area contributed by atoms with E-state index in [0.29, 0.717) is 13.1 Å². The van der Waals surface area contributed by atoms with Crippen LogP contribution < -0.4 is 10.0 Å². The second kappa shape index (κ2) is 6.36. The molecule has 1 aromatic carbocycles. The highest BCUT2D eigenvalue weighted by molar-refractivity contribution is 7.89. The summed E-state index contributed by atoms with van der Waals surface area (Å²) in [4.78, 5) is 0.245. The van der Waals surface area contributed by atoms with Gasteiger partial charge in [0.05, 0.1) is 10.5 Å². The molecule has 0 unspecified atom stereocenters. The summed E-state index contributed by atoms with van der Waals surface area (Å²) in [5.41, 5.74) is -0.0375. The Morgan fingerprint density at radius 3 is 2.26 bits per heavy atom. The highest BCUT2D eigenvalue weighted by atomic mass is 32.2. The molecule has 1 rings (SSSR count). The lowest BCUT2D eigenvalue weighted by molar-refractivity contribution is 0.0945. The molecule has 0 aliphatic heterocycles. The molecular formula is C13H22N2O3S. The van der Waals surface area contributed by atoms with Crippen LogP contribution in [0.15, 0.2) is 29.2 Å². The van der Waals surface area contributed by atoms with Crippen molar-refractivity contribution in [3.63, 3.8) is 0 Å². The van der Waals surface area contributed by atoms with Gasteiger partial charge in [0.1, 0.15) is 0 Å². The zero-order valence-corrected chi connectivity index (χ0v) is 12.4. The fraction of sp³-hybridized carbons (Fsp3) is 0.538. The minimum absolute atomic E-state index is 0.245. The number of hydrogen-bond donors (Lipinski definition) is 3. The van der Waals surface area contributed by atoms with Gasteiger partial charge in [0, 0.05) is 18.8 Å². The largest absolute Gasteiger partial charge is 0.389 e. The number of benzene rings is 1. The van der Waals surface area contributed by atoms with Crippen LogP contribution in [0.4, 0.5) is 5.69 Å². The zero-order valence-electron chi connectivity index (χ0n) is 11.6. The van der Waals surface area contributed by atoms with E-state index in [1.807, 2.05) is 6.92 Å². The highest BCUT2D eigenvalue weighted by Gasteiger charge is 2.14. The maximum Gasteiger partial charge on any atom is 0.240 e. The first-order chi connectivity index (χ1) is 8.74. The number of rotatable bonds is 7. The molecule has 0 spiro atoms. The molecule has 0 aliphatic carbocycles. The van der Waals surface area contributed by atoms with Crippen LogP contribution in [0.25, 0.3) is 0 Å². The third-order valence-corrected chi connectivity index (χ3v) is 3.91. The van der Waals surface area contributed by atoms with Crippen LogP contribution in [0.1, 0.15) is 27.2 Å². The van der Waals surface area contributed by atoms with Crippen molar-refractivity contribution in [1.29, 1.82) is 0 Å². The number of aliphatic hydroxyl groups is 1. The number of sulfonamides is 1. The molecule has 1 aromatic rings. The molecule has 0 radical (unpaired) electrons. The molecule has 3 N–H and O–H groups in total. The molecule has 0 heterocycles. The summed E-state index contributed by atoms with van der Waals surface area (Å²) in [6, 6.07) is 6.47. The van der Waals surface area contributed by atoms with Gasteiger partial charge in [0.15, 0.2) is 0 Å². The van der Waals surface area contributed by atoms with Crippen LogP contribution in [0, 0.1) is 0 Å². The van der Waals surface area contributed by atoms with Crippen LogP contribution in [0.5, 0.6) is 0 Å². The second-order valence-corrected chi connectivity index (χ2v) is 6.86. The first-order valence-electron chi connectivity index (χ1n) is 6.30. The molecule has 108 valence electrons. The van der Waals surface area contributed by atoms with Crippen molar-refractivity contribution < 1.29 is 13.5 Å². The SMILES string of the molecule is CCCNS(=O)(=O)c1ccc(NCC(C)(C)O)cc1. The van der Waals surface area contributed by atoms with Crippen LogP contribution in [-0.4, -0.2) is 32.2 Å². The predicted molar refractivity (Wildman–Crippen MR) is 76.7 cm³/mol. The summed E-state index contributed by atoms with van der Waals surface area (Å²) in [7, 11) is -3.41. The maximum absolute atomic E-state index is 11.8. The molecule has 0 amide bonds. The Balaban J connectivity index is 2.71. The quantitative estimate of drug-likeness (QED) is 0.711. The van der Waals surface area contributed by atoms with E-state index in [1.54, 1.807) is 38.1 Å². The fourth-order valence-corrected chi connectivity index (χ4v) is 2.52. The average Bonchev–Trinajstić information content (AvgIpc) is 2.34. The Morgan fingerprint density at radius 1 is 1.21 bits per heavy atom. The van der Waals surface area contributed by atoms with E-state index in [-0.39, 0.29) is 4.90 Å². The van der Waals surface area contributed by atoms with Gasteiger partial charge in [-0.3, -0.25) is 0 Å². The van der Waals surface area contributed by atoms with Crippen molar-refractivity contribution in [2.24, 2.45) is 0 Å². The van der Waals surface area contributed by atoms with Gasteiger partial charge in [-0.2, -0.15) is 0 Å². The third kappa shape index (κ3) is 5.59. The van der Waals surface area contributed by atoms with Gasteiger partial charge in [0.2, 0.25) is 10.0 Å². The zero-order chi connectivity index (χ0) is 14.5. The summed E-state index contributed by atoms with van der Waals surface area (Å²) in [5, 5.41) is 12.6. The molecule has 5 nitrogen and oxygen atoms in total. The van der Waals surface area contributed by atoms with Crippen molar-refractivity contribution in [3.05, 3.63) is 24.3 Å². The summed E-state index contributed by atoms with van der Waals surface area (Å²) in [5.74, 6) is 0. The van der Waals surface area contributed by atoms with E-state index in [9.17, 15) is 13.5 Å². The topological polar surface area (TPSA) is 78.4 Å². The Bertz CT molecular complexity index is 490. The summed E-state index contributed by atoms with van der Waals surface area (Å²) >= 11 is 0. The van der Waals surface area contributed by atoms with Crippen molar-refractivity contribution >= 4 is 15.7 Å². The van der Waals surface area contributed by atoms with Crippen molar-refractivity contribution in [2.75, 3.05) is 18.4 Å². The Labute approximate surface area is 115 Å². The van der Waals surface area contributed by atoms with Gasteiger partial charge in [-0.15, -0.1) is 0 Å². The Kier molecular flexibility index (Phi) is 5.34. The van der Waals surface area contributed by atoms with Crippen LogP contribution in [0.3, 0.4) is 0 Å². The van der Waals surface area contributed by atoms with E-state index in [0.717, 1.165) is 12.1 Å². The molecule has 0 fully saturated rings. The highest BCUT2D eigenvalue weighted by Crippen LogP contribution is 2.14. The van der Waals surface area contributed by atoms with Crippen molar-refractivity contribution in [3.8, 4) is 0 Å². The minimum Gasteiger partial charge on any atom is -0.389 e. The van der Waals surface area contributed by atoms with Gasteiger partial charge in [0.25, 0.3) is 0 Å². The summed E-state index contributed by atoms with van der Waals surface area (Å²) in [6.45, 7) is 6.14. The molecule has 0 bridgehead atoms. The molecular weight excluding hydrogens is 264 g/mol. The van der Waals surface area contributed by atoms with E-state index in [2.05, 4.69) is 10.0 Å². The van der Waals surface area contributed by atoms with Gasteiger partial charge in [-0.05, 0) is 44.5 Å². The Morgan fingerprint density at radius 2 is 1.79 bits per heavy atom. The minimum atomic E-state index is -3.41. The molecule has 0 saturated heterocycles. The van der Waals surface area contributed by atoms with Crippen LogP contribution >= 0.6 is 0 Å². The van der Waals surface area contributed by atoms with E-state index >= 15 is 0 Å². The van der Waals surface area contributed by atoms with Crippen LogP contribution in [0.2, 0.25) is 0 Å². The van der Waals surface area contributed by atoms with Gasteiger partial charge >= 0.3 is 0 Å². The van der Waals surface area contributed by atoms with E-state index in [4.69, 9.17) is 0 Å². The standard InChI is InChI=1S/C13H22N2O3S/c1-4-9-15-19(17,18)12-7-5-11(6-8-12)14-10-13(2,3)16/h5-8,14-16H,4,9-10H2,1-3H3. The molecule has 0 aromatic heterocycles. The van der Waals surface area contributed by atoms with Crippen LogP contribution in [-0.2, 0) is 10.0 Å². The van der Waals surface area contributed by atoms with E-state index < -0.39 is 15.6 Å². The lowest BCUT2D eigenvalue weighted by Crippen LogP contribution is -2.29. The number of anilines is 1. The second-order valence-electron chi connectivity index (χ2n) is 5.09. The number of hydrogen-bond acceptors (Lipinski definition) is 4. The maximum atomic E-state index is 11.8. The first-order valence-corrected chi connectivity index (χ1v) is 7.79. The predicted octanol–water partition coefficient (Wildman–Crippen LogP) is 1.56. The van der Waals surface area contributed by atoms with Gasteiger partial charge in [-0.1, -0.05) is 6.92 Å². The normalized spacial score (nSPS) is 12.4. The lowest BCUT2D eigenvalue weighted by Gasteiger charge is -2.18.